The number of nitrogens with zero attached hydrogens (tertiary/aromatic N) is 2. The summed E-state index contributed by atoms with van der Waals surface area (Å²) in [4.78, 5) is 45.3. The molecule has 2 aliphatic rings. The number of carbonyl (C=O) groups excluding carboxylic acids is 3. The van der Waals surface area contributed by atoms with Crippen molar-refractivity contribution in [1.82, 2.24) is 15.2 Å². The number of hydrogen-bond donors (Lipinski definition) is 2. The van der Waals surface area contributed by atoms with Crippen molar-refractivity contribution in [2.24, 2.45) is 10.9 Å². The summed E-state index contributed by atoms with van der Waals surface area (Å²) in [5.74, 6) is 0.125. The molecule has 0 radical (unpaired) electrons. The number of amides is 4. The second-order valence-electron chi connectivity index (χ2n) is 8.17. The minimum Gasteiger partial charge on any atom is -0.497 e. The fraction of sp³-hybridized carbons (Fsp3) is 0.360. The molecule has 172 valence electrons. The van der Waals surface area contributed by atoms with Gasteiger partial charge in [-0.05, 0) is 49.1 Å². The van der Waals surface area contributed by atoms with E-state index in [2.05, 4.69) is 15.3 Å². The first-order valence-electron chi connectivity index (χ1n) is 11.3. The molecule has 8 heteroatoms. The molecule has 8 nitrogen and oxygen atoms in total. The Morgan fingerprint density at radius 1 is 1.21 bits per heavy atom. The number of urea groups is 1. The average molecular weight is 449 g/mol. The summed E-state index contributed by atoms with van der Waals surface area (Å²) in [5.41, 5.74) is 2.68. The summed E-state index contributed by atoms with van der Waals surface area (Å²) in [6.07, 6.45) is 12.2. The van der Waals surface area contributed by atoms with Crippen LogP contribution in [0.25, 0.3) is 10.9 Å². The molecule has 0 saturated carbocycles. The first kappa shape index (κ1) is 22.5. The van der Waals surface area contributed by atoms with Crippen molar-refractivity contribution in [3.05, 3.63) is 54.3 Å². The van der Waals surface area contributed by atoms with Gasteiger partial charge >= 0.3 is 6.03 Å². The van der Waals surface area contributed by atoms with Crippen molar-refractivity contribution in [3.63, 3.8) is 0 Å². The number of aromatic amines is 1. The number of fused-ring (bicyclic) bond motifs is 2. The fourth-order valence-electron chi connectivity index (χ4n) is 4.13. The number of unbranched alkanes of at least 4 members (excludes halogenated alkanes) is 2. The predicted molar refractivity (Wildman–Crippen MR) is 126 cm³/mol. The lowest BCUT2D eigenvalue weighted by Crippen LogP contribution is -2.46. The molecule has 0 bridgehead atoms. The third-order valence-corrected chi connectivity index (χ3v) is 5.96. The molecule has 1 aliphatic heterocycles. The van der Waals surface area contributed by atoms with Gasteiger partial charge in [0.25, 0.3) is 0 Å². The van der Waals surface area contributed by atoms with Crippen LogP contribution in [-0.2, 0) is 16.0 Å². The lowest BCUT2D eigenvalue weighted by atomic mass is 9.95. The van der Waals surface area contributed by atoms with E-state index in [1.54, 1.807) is 31.4 Å². The van der Waals surface area contributed by atoms with Crippen LogP contribution < -0.4 is 10.1 Å². The van der Waals surface area contributed by atoms with Gasteiger partial charge in [0, 0.05) is 36.6 Å². The number of hydrogen-bond acceptors (Lipinski definition) is 4. The maximum Gasteiger partial charge on any atom is 0.350 e. The molecule has 33 heavy (non-hydrogen) atoms. The summed E-state index contributed by atoms with van der Waals surface area (Å²) < 4.78 is 5.29. The summed E-state index contributed by atoms with van der Waals surface area (Å²) in [7, 11) is 1.64. The van der Waals surface area contributed by atoms with Crippen LogP contribution in [0.1, 0.15) is 31.2 Å². The van der Waals surface area contributed by atoms with Crippen molar-refractivity contribution in [3.8, 4) is 5.75 Å². The van der Waals surface area contributed by atoms with Gasteiger partial charge in [-0.25, -0.2) is 4.79 Å². The lowest BCUT2D eigenvalue weighted by Gasteiger charge is -2.28. The molecule has 1 atom stereocenters. The molecule has 2 N–H and O–H groups in total. The van der Waals surface area contributed by atoms with Crippen LogP contribution in [0.2, 0.25) is 0 Å². The number of allylic oxidation sites excluding steroid dienone is 3. The Morgan fingerprint density at radius 3 is 2.94 bits per heavy atom. The molecule has 2 heterocycles. The maximum absolute atomic E-state index is 12.5. The summed E-state index contributed by atoms with van der Waals surface area (Å²) in [6.45, 7) is 0.887. The van der Waals surface area contributed by atoms with Crippen LogP contribution in [0.5, 0.6) is 5.75 Å². The summed E-state index contributed by atoms with van der Waals surface area (Å²) in [5, 5.41) is 4.06. The lowest BCUT2D eigenvalue weighted by molar-refractivity contribution is -0.129. The normalized spacial score (nSPS) is 17.3. The van der Waals surface area contributed by atoms with Crippen molar-refractivity contribution in [2.75, 3.05) is 20.2 Å². The molecular weight excluding hydrogens is 420 g/mol. The summed E-state index contributed by atoms with van der Waals surface area (Å²) in [6, 6.07) is 5.39. The minimum atomic E-state index is -0.501. The number of methoxy groups -OCH3 is 1. The van der Waals surface area contributed by atoms with Crippen molar-refractivity contribution < 1.29 is 19.1 Å². The van der Waals surface area contributed by atoms with Gasteiger partial charge in [-0.1, -0.05) is 24.6 Å². The SMILES string of the molecule is COc1ccc2[nH]cc(CCNC(=O)CCCCCN3C(=O)N=C4C=CC=CC4C3=O)c2c1. The van der Waals surface area contributed by atoms with Gasteiger partial charge in [0.15, 0.2) is 0 Å². The molecule has 0 fully saturated rings. The van der Waals surface area contributed by atoms with E-state index >= 15 is 0 Å². The standard InChI is InChI=1S/C25H28N4O4/c1-33-18-10-11-21-20(15-18)17(16-27-21)12-13-26-23(30)9-3-2-6-14-29-24(31)19-7-4-5-8-22(19)28-25(29)32/h4-5,7-8,10-11,15-16,19,27H,2-3,6,9,12-14H2,1H3,(H,26,30). The average Bonchev–Trinajstić information content (AvgIpc) is 3.22. The van der Waals surface area contributed by atoms with Crippen LogP contribution in [0.3, 0.4) is 0 Å². The number of ether oxygens (including phenoxy) is 1. The second kappa shape index (κ2) is 10.3. The first-order valence-corrected chi connectivity index (χ1v) is 11.3. The molecule has 4 rings (SSSR count). The zero-order valence-corrected chi connectivity index (χ0v) is 18.7. The zero-order chi connectivity index (χ0) is 23.2. The van der Waals surface area contributed by atoms with Crippen molar-refractivity contribution >= 4 is 34.5 Å². The van der Waals surface area contributed by atoms with Gasteiger partial charge < -0.3 is 15.0 Å². The number of benzene rings is 1. The highest BCUT2D eigenvalue weighted by Crippen LogP contribution is 2.24. The van der Waals surface area contributed by atoms with Crippen molar-refractivity contribution in [1.29, 1.82) is 0 Å². The highest BCUT2D eigenvalue weighted by atomic mass is 16.5. The van der Waals surface area contributed by atoms with Crippen LogP contribution in [0.4, 0.5) is 4.79 Å². The molecule has 1 unspecified atom stereocenters. The number of aromatic nitrogens is 1. The Hall–Kier alpha value is -3.68. The van der Waals surface area contributed by atoms with Gasteiger partial charge in [0.05, 0.1) is 18.7 Å². The van der Waals surface area contributed by atoms with E-state index in [9.17, 15) is 14.4 Å². The van der Waals surface area contributed by atoms with E-state index in [0.29, 0.717) is 38.1 Å². The van der Waals surface area contributed by atoms with E-state index in [0.717, 1.165) is 35.1 Å². The molecule has 0 spiro atoms. The van der Waals surface area contributed by atoms with Gasteiger partial charge in [-0.2, -0.15) is 4.99 Å². The summed E-state index contributed by atoms with van der Waals surface area (Å²) >= 11 is 0. The Morgan fingerprint density at radius 2 is 2.09 bits per heavy atom. The van der Waals surface area contributed by atoms with E-state index < -0.39 is 11.9 Å². The van der Waals surface area contributed by atoms with Gasteiger partial charge in [0.2, 0.25) is 11.8 Å². The van der Waals surface area contributed by atoms with E-state index in [-0.39, 0.29) is 11.8 Å². The molecule has 1 aromatic carbocycles. The predicted octanol–water partition coefficient (Wildman–Crippen LogP) is 3.54. The van der Waals surface area contributed by atoms with E-state index in [4.69, 9.17) is 4.74 Å². The second-order valence-corrected chi connectivity index (χ2v) is 8.17. The topological polar surface area (TPSA) is 104 Å². The molecule has 1 aromatic heterocycles. The number of nitrogens with one attached hydrogen (secondary N) is 2. The van der Waals surface area contributed by atoms with Crippen LogP contribution in [0.15, 0.2) is 53.7 Å². The highest BCUT2D eigenvalue weighted by Gasteiger charge is 2.35. The van der Waals surface area contributed by atoms with Gasteiger partial charge in [-0.3, -0.25) is 14.5 Å². The third-order valence-electron chi connectivity index (χ3n) is 5.96. The quantitative estimate of drug-likeness (QED) is 0.543. The molecule has 1 aliphatic carbocycles. The molecular formula is C25H28N4O4. The number of aliphatic imine (C=N–C) groups is 1. The largest absolute Gasteiger partial charge is 0.497 e. The van der Waals surface area contributed by atoms with Crippen molar-refractivity contribution in [2.45, 2.75) is 32.1 Å². The van der Waals surface area contributed by atoms with E-state index in [1.807, 2.05) is 24.4 Å². The highest BCUT2D eigenvalue weighted by molar-refractivity contribution is 6.21. The van der Waals surface area contributed by atoms with Gasteiger partial charge in [0.1, 0.15) is 5.75 Å². The van der Waals surface area contributed by atoms with Crippen LogP contribution in [0, 0.1) is 5.92 Å². The number of H-pyrrole nitrogens is 1. The Labute approximate surface area is 192 Å². The van der Waals surface area contributed by atoms with Gasteiger partial charge in [-0.15, -0.1) is 0 Å². The minimum absolute atomic E-state index is 0.00548. The number of imide groups is 1. The molecule has 4 amide bonds. The van der Waals surface area contributed by atoms with Crippen LogP contribution >= 0.6 is 0 Å². The Balaban J connectivity index is 1.15. The smallest absolute Gasteiger partial charge is 0.350 e. The fourth-order valence-corrected chi connectivity index (χ4v) is 4.13. The molecule has 0 saturated heterocycles. The number of carbonyl (C=O) groups is 3. The van der Waals surface area contributed by atoms with Crippen LogP contribution in [-0.4, -0.2) is 53.6 Å². The van der Waals surface area contributed by atoms with E-state index in [1.165, 1.54) is 4.90 Å². The zero-order valence-electron chi connectivity index (χ0n) is 18.7. The third kappa shape index (κ3) is 5.22. The monoisotopic (exact) mass is 448 g/mol. The Kier molecular flexibility index (Phi) is 7.02. The molecule has 2 aromatic rings. The Bertz CT molecular complexity index is 1140. The number of rotatable bonds is 10. The first-order chi connectivity index (χ1) is 16.1. The maximum atomic E-state index is 12.5.